The van der Waals surface area contributed by atoms with E-state index in [4.69, 9.17) is 0 Å². The second-order valence-corrected chi connectivity index (χ2v) is 5.17. The molecule has 0 radical (unpaired) electrons. The molecule has 1 nitrogen and oxygen atoms in total. The van der Waals surface area contributed by atoms with E-state index in [2.05, 4.69) is 26.1 Å². The van der Waals surface area contributed by atoms with E-state index >= 15 is 0 Å². The Balaban J connectivity index is 2.11. The summed E-state index contributed by atoms with van der Waals surface area (Å²) in [4.78, 5) is 0. The summed E-state index contributed by atoms with van der Waals surface area (Å²) in [5.74, 6) is 3.10. The zero-order chi connectivity index (χ0) is 11.1. The lowest BCUT2D eigenvalue weighted by Gasteiger charge is -2.15. The smallest absolute Gasteiger partial charge is 0.00179 e. The van der Waals surface area contributed by atoms with Crippen LogP contribution in [-0.4, -0.2) is 13.1 Å². The van der Waals surface area contributed by atoms with E-state index in [0.29, 0.717) is 0 Å². The molecular weight excluding hydrogens is 182 g/mol. The molecule has 15 heavy (non-hydrogen) atoms. The molecule has 0 bridgehead atoms. The molecular formula is C14H29N. The van der Waals surface area contributed by atoms with Gasteiger partial charge in [-0.05, 0) is 43.7 Å². The van der Waals surface area contributed by atoms with Crippen molar-refractivity contribution in [3.8, 4) is 0 Å². The van der Waals surface area contributed by atoms with Crippen LogP contribution in [-0.2, 0) is 0 Å². The lowest BCUT2D eigenvalue weighted by atomic mass is 9.97. The Hall–Kier alpha value is -0.0400. The van der Waals surface area contributed by atoms with Crippen molar-refractivity contribution in [2.75, 3.05) is 13.1 Å². The minimum Gasteiger partial charge on any atom is -0.316 e. The van der Waals surface area contributed by atoms with Crippen LogP contribution in [0, 0.1) is 17.8 Å². The lowest BCUT2D eigenvalue weighted by molar-refractivity contribution is 0.387. The maximum atomic E-state index is 3.58. The molecule has 1 saturated carbocycles. The van der Waals surface area contributed by atoms with Gasteiger partial charge in [-0.25, -0.2) is 0 Å². The summed E-state index contributed by atoms with van der Waals surface area (Å²) < 4.78 is 0. The van der Waals surface area contributed by atoms with Gasteiger partial charge in [-0.3, -0.25) is 0 Å². The molecule has 1 rings (SSSR count). The van der Waals surface area contributed by atoms with E-state index < -0.39 is 0 Å². The standard InChI is InChI=1S/C14H29N/c1-4-7-8-13-10-14(13)12(6-3)11-15-9-5-2/h12-15H,4-11H2,1-3H3. The maximum Gasteiger partial charge on any atom is -0.00179 e. The third kappa shape index (κ3) is 4.55. The molecule has 0 aliphatic heterocycles. The summed E-state index contributed by atoms with van der Waals surface area (Å²) in [5.41, 5.74) is 0. The molecule has 0 heterocycles. The molecule has 1 aliphatic rings. The molecule has 0 spiro atoms. The van der Waals surface area contributed by atoms with Gasteiger partial charge in [0.05, 0.1) is 0 Å². The Morgan fingerprint density at radius 2 is 2.00 bits per heavy atom. The fraction of sp³-hybridized carbons (Fsp3) is 1.00. The van der Waals surface area contributed by atoms with Gasteiger partial charge in [0, 0.05) is 0 Å². The zero-order valence-corrected chi connectivity index (χ0v) is 10.9. The normalized spacial score (nSPS) is 26.6. The number of hydrogen-bond acceptors (Lipinski definition) is 1. The van der Waals surface area contributed by atoms with Crippen molar-refractivity contribution >= 4 is 0 Å². The SMILES string of the molecule is CCCCC1CC1C(CC)CNCCC. The Labute approximate surface area is 96.0 Å². The molecule has 0 aromatic rings. The van der Waals surface area contributed by atoms with Crippen LogP contribution < -0.4 is 5.32 Å². The molecule has 0 amide bonds. The summed E-state index contributed by atoms with van der Waals surface area (Å²) in [5, 5.41) is 3.58. The van der Waals surface area contributed by atoms with Gasteiger partial charge in [0.1, 0.15) is 0 Å². The quantitative estimate of drug-likeness (QED) is 0.571. The van der Waals surface area contributed by atoms with E-state index in [1.807, 2.05) is 0 Å². The number of unbranched alkanes of at least 4 members (excludes halogenated alkanes) is 1. The van der Waals surface area contributed by atoms with E-state index in [-0.39, 0.29) is 0 Å². The van der Waals surface area contributed by atoms with E-state index in [9.17, 15) is 0 Å². The maximum absolute atomic E-state index is 3.58. The first-order valence-electron chi connectivity index (χ1n) is 7.04. The Kier molecular flexibility index (Phi) is 6.31. The average Bonchev–Trinajstić information content (AvgIpc) is 3.01. The molecule has 90 valence electrons. The Morgan fingerprint density at radius 1 is 1.20 bits per heavy atom. The van der Waals surface area contributed by atoms with Gasteiger partial charge in [0.15, 0.2) is 0 Å². The van der Waals surface area contributed by atoms with Crippen molar-refractivity contribution < 1.29 is 0 Å². The predicted molar refractivity (Wildman–Crippen MR) is 68.1 cm³/mol. The molecule has 0 aromatic carbocycles. The third-order valence-electron chi connectivity index (χ3n) is 3.87. The monoisotopic (exact) mass is 211 g/mol. The Morgan fingerprint density at radius 3 is 2.60 bits per heavy atom. The summed E-state index contributed by atoms with van der Waals surface area (Å²) in [6.07, 6.45) is 8.45. The summed E-state index contributed by atoms with van der Waals surface area (Å²) in [6.45, 7) is 9.36. The first-order valence-corrected chi connectivity index (χ1v) is 7.04. The topological polar surface area (TPSA) is 12.0 Å². The van der Waals surface area contributed by atoms with Crippen molar-refractivity contribution in [2.24, 2.45) is 17.8 Å². The zero-order valence-electron chi connectivity index (χ0n) is 10.9. The first kappa shape index (κ1) is 13.0. The van der Waals surface area contributed by atoms with Crippen molar-refractivity contribution in [1.29, 1.82) is 0 Å². The van der Waals surface area contributed by atoms with Gasteiger partial charge in [-0.15, -0.1) is 0 Å². The summed E-state index contributed by atoms with van der Waals surface area (Å²) >= 11 is 0. The van der Waals surface area contributed by atoms with E-state index in [1.165, 1.54) is 51.6 Å². The minimum atomic E-state index is 0.957. The highest BCUT2D eigenvalue weighted by molar-refractivity contribution is 4.91. The van der Waals surface area contributed by atoms with Crippen LogP contribution in [0.25, 0.3) is 0 Å². The highest BCUT2D eigenvalue weighted by Crippen LogP contribution is 2.48. The van der Waals surface area contributed by atoms with Crippen molar-refractivity contribution in [2.45, 2.75) is 59.3 Å². The van der Waals surface area contributed by atoms with Gasteiger partial charge in [-0.1, -0.05) is 46.5 Å². The first-order chi connectivity index (χ1) is 7.33. The van der Waals surface area contributed by atoms with Crippen LogP contribution in [0.15, 0.2) is 0 Å². The fourth-order valence-electron chi connectivity index (χ4n) is 2.71. The molecule has 3 atom stereocenters. The predicted octanol–water partition coefficient (Wildman–Crippen LogP) is 3.84. The van der Waals surface area contributed by atoms with Crippen LogP contribution in [0.5, 0.6) is 0 Å². The molecule has 1 fully saturated rings. The lowest BCUT2D eigenvalue weighted by Crippen LogP contribution is -2.24. The van der Waals surface area contributed by atoms with Gasteiger partial charge in [-0.2, -0.15) is 0 Å². The highest BCUT2D eigenvalue weighted by atomic mass is 14.9. The summed E-state index contributed by atoms with van der Waals surface area (Å²) in [6, 6.07) is 0. The molecule has 0 saturated heterocycles. The van der Waals surface area contributed by atoms with Crippen LogP contribution in [0.4, 0.5) is 0 Å². The second-order valence-electron chi connectivity index (χ2n) is 5.17. The van der Waals surface area contributed by atoms with E-state index in [1.54, 1.807) is 0 Å². The van der Waals surface area contributed by atoms with Gasteiger partial charge in [0.25, 0.3) is 0 Å². The van der Waals surface area contributed by atoms with Crippen LogP contribution >= 0.6 is 0 Å². The highest BCUT2D eigenvalue weighted by Gasteiger charge is 2.40. The van der Waals surface area contributed by atoms with Gasteiger partial charge < -0.3 is 5.32 Å². The average molecular weight is 211 g/mol. The van der Waals surface area contributed by atoms with Crippen molar-refractivity contribution in [1.82, 2.24) is 5.32 Å². The van der Waals surface area contributed by atoms with E-state index in [0.717, 1.165) is 17.8 Å². The minimum absolute atomic E-state index is 0.957. The fourth-order valence-corrected chi connectivity index (χ4v) is 2.71. The second kappa shape index (κ2) is 7.27. The summed E-state index contributed by atoms with van der Waals surface area (Å²) in [7, 11) is 0. The molecule has 1 aliphatic carbocycles. The molecule has 1 heteroatoms. The van der Waals surface area contributed by atoms with Crippen LogP contribution in [0.3, 0.4) is 0 Å². The van der Waals surface area contributed by atoms with Crippen molar-refractivity contribution in [3.05, 3.63) is 0 Å². The van der Waals surface area contributed by atoms with Gasteiger partial charge >= 0.3 is 0 Å². The molecule has 1 N–H and O–H groups in total. The molecule has 3 unspecified atom stereocenters. The van der Waals surface area contributed by atoms with Crippen LogP contribution in [0.1, 0.15) is 59.3 Å². The Bertz CT molecular complexity index is 155. The van der Waals surface area contributed by atoms with Crippen molar-refractivity contribution in [3.63, 3.8) is 0 Å². The molecule has 0 aromatic heterocycles. The van der Waals surface area contributed by atoms with Crippen LogP contribution in [0.2, 0.25) is 0 Å². The third-order valence-corrected chi connectivity index (χ3v) is 3.87. The largest absolute Gasteiger partial charge is 0.316 e. The number of hydrogen-bond donors (Lipinski definition) is 1. The number of rotatable bonds is 9. The van der Waals surface area contributed by atoms with Gasteiger partial charge in [0.2, 0.25) is 0 Å². The number of nitrogens with one attached hydrogen (secondary N) is 1.